The van der Waals surface area contributed by atoms with Gasteiger partial charge in [-0.15, -0.1) is 0 Å². The van der Waals surface area contributed by atoms with Crippen LogP contribution in [0.5, 0.6) is 11.5 Å². The largest absolute Gasteiger partial charge is 0.508 e. The zero-order valence-corrected chi connectivity index (χ0v) is 10.7. The van der Waals surface area contributed by atoms with Gasteiger partial charge in [0.1, 0.15) is 11.5 Å². The van der Waals surface area contributed by atoms with Gasteiger partial charge in [0.25, 0.3) is 0 Å². The molecule has 1 unspecified atom stereocenters. The first-order valence-corrected chi connectivity index (χ1v) is 6.24. The molecule has 0 radical (unpaired) electrons. The Balaban J connectivity index is 2.55. The van der Waals surface area contributed by atoms with E-state index in [9.17, 15) is 10.2 Å². The summed E-state index contributed by atoms with van der Waals surface area (Å²) >= 11 is 0. The van der Waals surface area contributed by atoms with Crippen molar-refractivity contribution >= 4 is 0 Å². The summed E-state index contributed by atoms with van der Waals surface area (Å²) in [6.45, 7) is 4.15. The van der Waals surface area contributed by atoms with Gasteiger partial charge in [0, 0.05) is 11.6 Å². The lowest BCUT2D eigenvalue weighted by Gasteiger charge is -2.14. The van der Waals surface area contributed by atoms with Gasteiger partial charge >= 0.3 is 0 Å². The molecular formula is C16H18O2. The summed E-state index contributed by atoms with van der Waals surface area (Å²) < 4.78 is 0. The molecule has 2 aromatic carbocycles. The van der Waals surface area contributed by atoms with Crippen molar-refractivity contribution in [2.75, 3.05) is 0 Å². The molecule has 2 heteroatoms. The van der Waals surface area contributed by atoms with Gasteiger partial charge in [-0.25, -0.2) is 0 Å². The Labute approximate surface area is 108 Å². The molecular weight excluding hydrogens is 224 g/mol. The van der Waals surface area contributed by atoms with E-state index in [1.807, 2.05) is 36.4 Å². The van der Waals surface area contributed by atoms with Crippen molar-refractivity contribution < 1.29 is 10.2 Å². The molecule has 0 saturated carbocycles. The van der Waals surface area contributed by atoms with Crippen molar-refractivity contribution in [1.82, 2.24) is 0 Å². The van der Waals surface area contributed by atoms with Crippen LogP contribution in [0.1, 0.15) is 31.7 Å². The minimum Gasteiger partial charge on any atom is -0.508 e. The fourth-order valence-electron chi connectivity index (χ4n) is 2.06. The van der Waals surface area contributed by atoms with Gasteiger partial charge in [-0.2, -0.15) is 0 Å². The molecule has 2 aromatic rings. The van der Waals surface area contributed by atoms with Crippen LogP contribution in [0.3, 0.4) is 0 Å². The van der Waals surface area contributed by atoms with Crippen LogP contribution in [0.25, 0.3) is 11.1 Å². The molecule has 0 aliphatic rings. The standard InChI is InChI=1S/C16H18O2/c1-3-11(2)13-9-14(16(18)10-15(13)17)12-7-5-4-6-8-12/h4-11,17-18H,3H2,1-2H3. The highest BCUT2D eigenvalue weighted by Crippen LogP contribution is 2.38. The number of aromatic hydroxyl groups is 2. The Morgan fingerprint density at radius 3 is 2.28 bits per heavy atom. The highest BCUT2D eigenvalue weighted by Gasteiger charge is 2.14. The molecule has 18 heavy (non-hydrogen) atoms. The lowest BCUT2D eigenvalue weighted by atomic mass is 9.93. The molecule has 0 heterocycles. The summed E-state index contributed by atoms with van der Waals surface area (Å²) in [4.78, 5) is 0. The van der Waals surface area contributed by atoms with Crippen molar-refractivity contribution in [3.63, 3.8) is 0 Å². The molecule has 0 amide bonds. The summed E-state index contributed by atoms with van der Waals surface area (Å²) in [5.74, 6) is 0.556. The van der Waals surface area contributed by atoms with Gasteiger partial charge < -0.3 is 10.2 Å². The zero-order valence-electron chi connectivity index (χ0n) is 10.7. The fourth-order valence-corrected chi connectivity index (χ4v) is 2.06. The quantitative estimate of drug-likeness (QED) is 0.843. The number of phenols is 2. The number of benzene rings is 2. The minimum atomic E-state index is 0.116. The molecule has 0 bridgehead atoms. The third-order valence-electron chi connectivity index (χ3n) is 3.37. The highest BCUT2D eigenvalue weighted by atomic mass is 16.3. The molecule has 0 fully saturated rings. The van der Waals surface area contributed by atoms with Gasteiger partial charge in [-0.05, 0) is 29.5 Å². The summed E-state index contributed by atoms with van der Waals surface area (Å²) in [6, 6.07) is 13.0. The van der Waals surface area contributed by atoms with Gasteiger partial charge in [0.05, 0.1) is 0 Å². The second-order valence-corrected chi connectivity index (χ2v) is 4.60. The van der Waals surface area contributed by atoms with Crippen molar-refractivity contribution in [2.24, 2.45) is 0 Å². The highest BCUT2D eigenvalue weighted by molar-refractivity contribution is 5.72. The topological polar surface area (TPSA) is 40.5 Å². The summed E-state index contributed by atoms with van der Waals surface area (Å²) in [5, 5.41) is 19.9. The number of hydrogen-bond donors (Lipinski definition) is 2. The van der Waals surface area contributed by atoms with Crippen LogP contribution >= 0.6 is 0 Å². The van der Waals surface area contributed by atoms with Gasteiger partial charge in [-0.1, -0.05) is 44.2 Å². The van der Waals surface area contributed by atoms with Crippen LogP contribution in [-0.2, 0) is 0 Å². The lowest BCUT2D eigenvalue weighted by Crippen LogP contribution is -1.93. The first kappa shape index (κ1) is 12.5. The molecule has 2 N–H and O–H groups in total. The van der Waals surface area contributed by atoms with Gasteiger partial charge in [-0.3, -0.25) is 0 Å². The second-order valence-electron chi connectivity index (χ2n) is 4.60. The number of phenolic OH excluding ortho intramolecular Hbond substituents is 2. The van der Waals surface area contributed by atoms with E-state index < -0.39 is 0 Å². The zero-order chi connectivity index (χ0) is 13.1. The van der Waals surface area contributed by atoms with Crippen LogP contribution in [0.2, 0.25) is 0 Å². The van der Waals surface area contributed by atoms with E-state index in [1.165, 1.54) is 6.07 Å². The maximum absolute atomic E-state index is 9.96. The van der Waals surface area contributed by atoms with E-state index in [0.29, 0.717) is 0 Å². The van der Waals surface area contributed by atoms with E-state index in [0.717, 1.165) is 23.1 Å². The Morgan fingerprint density at radius 2 is 1.67 bits per heavy atom. The average molecular weight is 242 g/mol. The smallest absolute Gasteiger partial charge is 0.127 e. The Morgan fingerprint density at radius 1 is 1.00 bits per heavy atom. The SMILES string of the molecule is CCC(C)c1cc(-c2ccccc2)c(O)cc1O. The second kappa shape index (κ2) is 5.13. The van der Waals surface area contributed by atoms with Crippen LogP contribution in [-0.4, -0.2) is 10.2 Å². The summed E-state index contributed by atoms with van der Waals surface area (Å²) in [5.41, 5.74) is 2.61. The molecule has 2 rings (SSSR count). The predicted octanol–water partition coefficient (Wildman–Crippen LogP) is 4.28. The van der Waals surface area contributed by atoms with Crippen LogP contribution < -0.4 is 0 Å². The summed E-state index contributed by atoms with van der Waals surface area (Å²) in [6.07, 6.45) is 0.951. The van der Waals surface area contributed by atoms with Crippen LogP contribution in [0, 0.1) is 0 Å². The summed E-state index contributed by atoms with van der Waals surface area (Å²) in [7, 11) is 0. The first-order chi connectivity index (χ1) is 8.63. The van der Waals surface area contributed by atoms with E-state index in [4.69, 9.17) is 0 Å². The Kier molecular flexibility index (Phi) is 3.56. The molecule has 2 nitrogen and oxygen atoms in total. The Bertz CT molecular complexity index is 532. The van der Waals surface area contributed by atoms with E-state index in [-0.39, 0.29) is 17.4 Å². The first-order valence-electron chi connectivity index (χ1n) is 6.24. The maximum Gasteiger partial charge on any atom is 0.127 e. The fraction of sp³-hybridized carbons (Fsp3) is 0.250. The van der Waals surface area contributed by atoms with Crippen molar-refractivity contribution in [1.29, 1.82) is 0 Å². The van der Waals surface area contributed by atoms with E-state index >= 15 is 0 Å². The van der Waals surface area contributed by atoms with E-state index in [2.05, 4.69) is 13.8 Å². The number of hydrogen-bond acceptors (Lipinski definition) is 2. The molecule has 0 aliphatic carbocycles. The predicted molar refractivity (Wildman–Crippen MR) is 73.9 cm³/mol. The molecule has 0 spiro atoms. The average Bonchev–Trinajstić information content (AvgIpc) is 2.39. The van der Waals surface area contributed by atoms with Crippen molar-refractivity contribution in [3.05, 3.63) is 48.0 Å². The molecule has 0 aromatic heterocycles. The van der Waals surface area contributed by atoms with Gasteiger partial charge in [0.15, 0.2) is 0 Å². The minimum absolute atomic E-state index is 0.116. The third kappa shape index (κ3) is 2.33. The van der Waals surface area contributed by atoms with Crippen molar-refractivity contribution in [2.45, 2.75) is 26.2 Å². The molecule has 0 aliphatic heterocycles. The van der Waals surface area contributed by atoms with Gasteiger partial charge in [0.2, 0.25) is 0 Å². The lowest BCUT2D eigenvalue weighted by molar-refractivity contribution is 0.443. The van der Waals surface area contributed by atoms with Crippen molar-refractivity contribution in [3.8, 4) is 22.6 Å². The van der Waals surface area contributed by atoms with Crippen LogP contribution in [0.4, 0.5) is 0 Å². The van der Waals surface area contributed by atoms with Crippen LogP contribution in [0.15, 0.2) is 42.5 Å². The molecule has 94 valence electrons. The number of rotatable bonds is 3. The maximum atomic E-state index is 9.96. The third-order valence-corrected chi connectivity index (χ3v) is 3.37. The van der Waals surface area contributed by atoms with E-state index in [1.54, 1.807) is 0 Å². The molecule has 0 saturated heterocycles. The monoisotopic (exact) mass is 242 g/mol. The Hall–Kier alpha value is -1.96. The molecule has 1 atom stereocenters. The normalized spacial score (nSPS) is 12.3.